The molecule has 0 aliphatic carbocycles. The first-order valence-corrected chi connectivity index (χ1v) is 13.7. The van der Waals surface area contributed by atoms with E-state index in [1.165, 1.54) is 13.2 Å². The summed E-state index contributed by atoms with van der Waals surface area (Å²) in [7, 11) is 0. The van der Waals surface area contributed by atoms with Crippen molar-refractivity contribution in [1.82, 2.24) is 0 Å². The van der Waals surface area contributed by atoms with E-state index in [0.29, 0.717) is 12.2 Å². The zero-order valence-corrected chi connectivity index (χ0v) is 28.4. The molecule has 0 aliphatic rings. The van der Waals surface area contributed by atoms with Gasteiger partial charge in [0, 0.05) is 13.3 Å². The Labute approximate surface area is 286 Å². The predicted molar refractivity (Wildman–Crippen MR) is 175 cm³/mol. The number of carboxylic acids is 1. The third-order valence-electron chi connectivity index (χ3n) is 2.75. The number of aliphatic carboxylic acids is 1. The van der Waals surface area contributed by atoms with Crippen LogP contribution in [-0.2, 0) is 55.5 Å². The van der Waals surface area contributed by atoms with Crippen LogP contribution in [0.15, 0.2) is 42.2 Å². The van der Waals surface area contributed by atoms with Crippen LogP contribution >= 0.6 is 0 Å². The average Bonchev–Trinajstić information content (AvgIpc) is 2.99. The van der Waals surface area contributed by atoms with Crippen LogP contribution < -0.4 is 4.74 Å². The smallest absolute Gasteiger partial charge is 0.334 e. The third-order valence-corrected chi connectivity index (χ3v) is 2.75. The highest BCUT2D eigenvalue weighted by Gasteiger charge is 2.27. The third kappa shape index (κ3) is 115. The second-order valence-electron chi connectivity index (χ2n) is 6.49. The molecular weight excluding hydrogens is 616 g/mol. The van der Waals surface area contributed by atoms with Gasteiger partial charge in [-0.2, -0.15) is 0 Å². The van der Waals surface area contributed by atoms with Crippen molar-refractivity contribution in [2.45, 2.75) is 38.9 Å². The Morgan fingerprint density at radius 1 is 0.660 bits per heavy atom. The minimum atomic E-state index is -1.12. The van der Waals surface area contributed by atoms with Crippen molar-refractivity contribution in [2.75, 3.05) is 59.5 Å². The number of ether oxygens (including phenoxy) is 2. The molecule has 0 spiro atoms. The average molecular weight is 674 g/mol. The molecule has 271 valence electrons. The van der Waals surface area contributed by atoms with Gasteiger partial charge in [-0.05, 0) is 87.8 Å². The van der Waals surface area contributed by atoms with Crippen LogP contribution in [0.4, 0.5) is 0 Å². The van der Waals surface area contributed by atoms with E-state index in [1.54, 1.807) is 0 Å². The summed E-state index contributed by atoms with van der Waals surface area (Å²) in [6, 6.07) is 9.22. The molecule has 1 N–H and O–H groups in total. The van der Waals surface area contributed by atoms with E-state index in [-0.39, 0.29) is 65.0 Å². The molecule has 0 aromatic heterocycles. The quantitative estimate of drug-likeness (QED) is 0.197. The van der Waals surface area contributed by atoms with E-state index in [9.17, 15) is 4.79 Å². The normalized spacial score (nSPS) is 9.60. The monoisotopic (exact) mass is 673 g/mol. The molecule has 0 aliphatic heterocycles. The minimum Gasteiger partial charge on any atom is -0.478 e. The van der Waals surface area contributed by atoms with Crippen LogP contribution in [0.1, 0.15) is 33.1 Å². The van der Waals surface area contributed by atoms with E-state index in [4.69, 9.17) is 60.5 Å². The zero-order valence-electron chi connectivity index (χ0n) is 28.4. The topological polar surface area (TPSA) is 235 Å². The maximum atomic E-state index is 10.8. The summed E-state index contributed by atoms with van der Waals surface area (Å²) in [5.41, 5.74) is 0.103. The first-order valence-electron chi connectivity index (χ1n) is 13.7. The van der Waals surface area contributed by atoms with Crippen molar-refractivity contribution >= 4 is 5.97 Å². The van der Waals surface area contributed by atoms with E-state index >= 15 is 0 Å². The summed E-state index contributed by atoms with van der Waals surface area (Å²) in [4.78, 5) is 10.8. The van der Waals surface area contributed by atoms with Gasteiger partial charge in [0.15, 0.2) is 0 Å². The van der Waals surface area contributed by atoms with E-state index in [2.05, 4.69) is 76.2 Å². The van der Waals surface area contributed by atoms with Gasteiger partial charge in [0.1, 0.15) is 5.75 Å². The number of carbonyl (C=O) groups is 1. The summed E-state index contributed by atoms with van der Waals surface area (Å²) in [6.07, 6.45) is 3.60. The number of hydrogen-bond acceptors (Lipinski definition) is 3. The molecule has 47 heavy (non-hydrogen) atoms. The number of para-hydroxylation sites is 1. The maximum Gasteiger partial charge on any atom is 0.334 e. The second kappa shape index (κ2) is 74.5. The first-order chi connectivity index (χ1) is 22.2. The highest BCUT2D eigenvalue weighted by molar-refractivity contribution is 5.85. The molecule has 0 saturated heterocycles. The van der Waals surface area contributed by atoms with Crippen molar-refractivity contribution < 1.29 is 65.3 Å². The van der Waals surface area contributed by atoms with Crippen LogP contribution in [0.2, 0.25) is 0 Å². The van der Waals surface area contributed by atoms with Crippen LogP contribution in [-0.4, -0.2) is 76.3 Å². The second-order valence-corrected chi connectivity index (χ2v) is 6.49. The molecule has 1 atom stereocenters. The van der Waals surface area contributed by atoms with Gasteiger partial charge in [0.2, 0.25) is 0 Å². The molecule has 0 bridgehead atoms. The van der Waals surface area contributed by atoms with Gasteiger partial charge in [-0.3, -0.25) is 0 Å². The Balaban J connectivity index is -0.0000000624. The Morgan fingerprint density at radius 3 is 1.17 bits per heavy atom. The van der Waals surface area contributed by atoms with E-state index in [0.717, 1.165) is 12.8 Å². The fraction of sp³-hybridized carbons (Fsp3) is 0.441. The summed E-state index contributed by atoms with van der Waals surface area (Å²) >= 11 is 0. The number of rotatable bonds is 8. The molecule has 13 heteroatoms. The molecule has 19 radical (unpaired) electrons. The summed E-state index contributed by atoms with van der Waals surface area (Å²) in [5, 5.41) is 88.2. The van der Waals surface area contributed by atoms with Crippen molar-refractivity contribution in [1.29, 1.82) is 0 Å². The molecule has 1 rings (SSSR count). The lowest BCUT2D eigenvalue weighted by molar-refractivity contribution is -0.134. The number of unbranched alkanes of at least 4 members (excludes halogenated alkanes) is 1. The fourth-order valence-electron chi connectivity index (χ4n) is 1.53. The summed E-state index contributed by atoms with van der Waals surface area (Å²) in [5.74, 6) is -1.50. The van der Waals surface area contributed by atoms with Crippen molar-refractivity contribution in [3.63, 3.8) is 0 Å². The minimum absolute atomic E-state index is 0.103. The van der Waals surface area contributed by atoms with E-state index in [1.807, 2.05) is 30.3 Å². The van der Waals surface area contributed by atoms with Crippen LogP contribution in [0, 0.1) is 69.2 Å². The fourth-order valence-corrected chi connectivity index (χ4v) is 1.53. The van der Waals surface area contributed by atoms with Gasteiger partial charge in [-0.1, -0.05) is 31.5 Å². The van der Waals surface area contributed by atoms with Gasteiger partial charge in [0.25, 0.3) is 5.79 Å². The van der Waals surface area contributed by atoms with Crippen LogP contribution in [0.25, 0.3) is 0 Å². The zero-order chi connectivity index (χ0) is 39.4. The molecule has 1 aromatic carbocycles. The molecule has 13 nitrogen and oxygen atoms in total. The highest BCUT2D eigenvalue weighted by Crippen LogP contribution is 2.24. The van der Waals surface area contributed by atoms with Crippen LogP contribution in [0.3, 0.4) is 0 Å². The molecule has 0 saturated carbocycles. The Kier molecular flexibility index (Phi) is 106. The lowest BCUT2D eigenvalue weighted by atomic mass is 10.1. The lowest BCUT2D eigenvalue weighted by Crippen LogP contribution is -2.34. The van der Waals surface area contributed by atoms with E-state index < -0.39 is 11.8 Å². The molecule has 0 fully saturated rings. The Morgan fingerprint density at radius 2 is 0.936 bits per heavy atom. The van der Waals surface area contributed by atoms with Gasteiger partial charge in [-0.25, -0.2) is 50.8 Å². The molecule has 1 unspecified atom stereocenters. The summed E-state index contributed by atoms with van der Waals surface area (Å²) < 4.78 is 11.2. The molecule has 1 aromatic rings. The van der Waals surface area contributed by atoms with Crippen molar-refractivity contribution in [3.05, 3.63) is 111 Å². The number of carboxylic acid groups (broad SMARTS) is 1. The van der Waals surface area contributed by atoms with Crippen molar-refractivity contribution in [2.24, 2.45) is 0 Å². The molecule has 0 heterocycles. The SMILES string of the molecule is [CH2]C(CCCC)(OC=C(C)C(=O)O)Oc1ccccc1.[CH2]C[O].[CH2]C[O].[CH2]C[O].[CH2]C[O].[CH2]C[O].[CH2]C[O].[CH2]C[O].[CH2]C[O].[CH2]C[O]. The van der Waals surface area contributed by atoms with Gasteiger partial charge in [-0.15, -0.1) is 0 Å². The highest BCUT2D eigenvalue weighted by atomic mass is 16.7. The molecular formula is C34H57O13. The maximum absolute atomic E-state index is 10.8. The Hall–Kier alpha value is -2.33. The van der Waals surface area contributed by atoms with Gasteiger partial charge >= 0.3 is 5.97 Å². The molecule has 0 amide bonds. The predicted octanol–water partition coefficient (Wildman–Crippen LogP) is 6.05. The number of hydrogen-bond donors (Lipinski definition) is 1. The van der Waals surface area contributed by atoms with Crippen molar-refractivity contribution in [3.8, 4) is 5.75 Å². The van der Waals surface area contributed by atoms with Gasteiger partial charge < -0.3 is 14.6 Å². The number of benzene rings is 1. The first kappa shape index (κ1) is 67.0. The lowest BCUT2D eigenvalue weighted by Gasteiger charge is -2.29. The van der Waals surface area contributed by atoms with Crippen LogP contribution in [0.5, 0.6) is 5.75 Å². The Bertz CT molecular complexity index is 576. The largest absolute Gasteiger partial charge is 0.478 e. The standard InChI is InChI=1S/C16H21O4.9C2H4O/c1-4-5-11-16(3,19-12-13(2)15(17)18)20-14-9-7-6-8-10-14;9*1-2-3/h6-10,12H,3-5,11H2,1-2H3,(H,17,18);9*1-2H2. The van der Waals surface area contributed by atoms with Gasteiger partial charge in [0.05, 0.1) is 71.3 Å². The summed E-state index contributed by atoms with van der Waals surface area (Å²) in [6.45, 7) is 31.6.